The van der Waals surface area contributed by atoms with Crippen LogP contribution in [0.5, 0.6) is 0 Å². The summed E-state index contributed by atoms with van der Waals surface area (Å²) in [5.74, 6) is 0. The third kappa shape index (κ3) is 1.07. The van der Waals surface area contributed by atoms with Crippen molar-refractivity contribution in [3.05, 3.63) is 29.2 Å². The molecule has 1 rings (SSSR count). The molecule has 9 heavy (non-hydrogen) atoms. The van der Waals surface area contributed by atoms with E-state index in [1.165, 1.54) is 22.3 Å². The van der Waals surface area contributed by atoms with E-state index in [0.717, 1.165) is 0 Å². The first-order valence-electron chi connectivity index (χ1n) is 2.85. The molecular formula is C8H11Ni-. The van der Waals surface area contributed by atoms with Crippen LogP contribution in [0.1, 0.15) is 20.8 Å². The molecule has 0 aromatic rings. The van der Waals surface area contributed by atoms with Crippen molar-refractivity contribution >= 4 is 0 Å². The zero-order valence-corrected chi connectivity index (χ0v) is 7.01. The number of allylic oxidation sites excluding steroid dienone is 4. The first kappa shape index (κ1) is 8.84. The molecule has 0 fully saturated rings. The van der Waals surface area contributed by atoms with Gasteiger partial charge in [-0.15, -0.1) is 0 Å². The topological polar surface area (TPSA) is 0 Å². The Balaban J connectivity index is 0.000000640. The van der Waals surface area contributed by atoms with Crippen LogP contribution in [0.3, 0.4) is 0 Å². The van der Waals surface area contributed by atoms with Gasteiger partial charge in [0.1, 0.15) is 0 Å². The Kier molecular flexibility index (Phi) is 2.57. The van der Waals surface area contributed by atoms with E-state index in [1.54, 1.807) is 0 Å². The van der Waals surface area contributed by atoms with Crippen molar-refractivity contribution in [2.24, 2.45) is 0 Å². The van der Waals surface area contributed by atoms with Crippen LogP contribution < -0.4 is 0 Å². The third-order valence-electron chi connectivity index (χ3n) is 2.03. The van der Waals surface area contributed by atoms with E-state index in [0.29, 0.717) is 0 Å². The molecule has 0 nitrogen and oxygen atoms in total. The maximum absolute atomic E-state index is 3.88. The average Bonchev–Trinajstić information content (AvgIpc) is 1.83. The minimum Gasteiger partial charge on any atom is -0.198 e. The number of hydrogen-bond acceptors (Lipinski definition) is 0. The number of hydrogen-bond donors (Lipinski definition) is 0. The van der Waals surface area contributed by atoms with Gasteiger partial charge in [0, 0.05) is 16.5 Å². The van der Waals surface area contributed by atoms with E-state index in [1.807, 2.05) is 0 Å². The quantitative estimate of drug-likeness (QED) is 0.383. The van der Waals surface area contributed by atoms with Crippen LogP contribution in [-0.2, 0) is 16.5 Å². The summed E-state index contributed by atoms with van der Waals surface area (Å²) in [6, 6.07) is 0. The molecule has 1 aliphatic carbocycles. The molecule has 0 atom stereocenters. The van der Waals surface area contributed by atoms with Gasteiger partial charge in [-0.1, -0.05) is 20.8 Å². The van der Waals surface area contributed by atoms with Crippen LogP contribution in [0.15, 0.2) is 22.3 Å². The van der Waals surface area contributed by atoms with Crippen molar-refractivity contribution < 1.29 is 16.5 Å². The Morgan fingerprint density at radius 1 is 0.889 bits per heavy atom. The standard InChI is InChI=1S/C8H11.Ni/c1-5-6(2)8(4)7(5)3;/h1H2,2-4H3;/q-1;. The summed E-state index contributed by atoms with van der Waals surface area (Å²) in [4.78, 5) is 0. The van der Waals surface area contributed by atoms with E-state index >= 15 is 0 Å². The van der Waals surface area contributed by atoms with Crippen LogP contribution in [0.2, 0.25) is 0 Å². The Labute approximate surface area is 67.0 Å². The van der Waals surface area contributed by atoms with E-state index in [4.69, 9.17) is 0 Å². The smallest absolute Gasteiger partial charge is 0 e. The largest absolute Gasteiger partial charge is 0.198 e. The fraction of sp³-hybridized carbons (Fsp3) is 0.375. The molecule has 0 radical (unpaired) electrons. The molecule has 0 N–H and O–H groups in total. The molecule has 0 spiro atoms. The van der Waals surface area contributed by atoms with Gasteiger partial charge < -0.3 is 0 Å². The summed E-state index contributed by atoms with van der Waals surface area (Å²) < 4.78 is 0. The van der Waals surface area contributed by atoms with Gasteiger partial charge in [-0.2, -0.15) is 29.2 Å². The molecule has 0 aromatic heterocycles. The van der Waals surface area contributed by atoms with Crippen molar-refractivity contribution in [1.82, 2.24) is 0 Å². The number of rotatable bonds is 0. The zero-order valence-electron chi connectivity index (χ0n) is 6.02. The SMILES string of the molecule is [CH2-]C1=C(C)C(C)=C1C.[Ni]. The Morgan fingerprint density at radius 2 is 1.33 bits per heavy atom. The second-order valence-electron chi connectivity index (χ2n) is 2.35. The van der Waals surface area contributed by atoms with E-state index < -0.39 is 0 Å². The summed E-state index contributed by atoms with van der Waals surface area (Å²) in [6.45, 7) is 10.2. The maximum atomic E-state index is 3.88. The fourth-order valence-electron chi connectivity index (χ4n) is 0.953. The van der Waals surface area contributed by atoms with Gasteiger partial charge in [-0.3, -0.25) is 0 Å². The molecule has 0 unspecified atom stereocenters. The maximum Gasteiger partial charge on any atom is 0 e. The van der Waals surface area contributed by atoms with E-state index in [9.17, 15) is 0 Å². The molecule has 1 aliphatic rings. The first-order chi connectivity index (χ1) is 3.64. The van der Waals surface area contributed by atoms with Crippen molar-refractivity contribution in [3.63, 3.8) is 0 Å². The van der Waals surface area contributed by atoms with Crippen LogP contribution in [0.4, 0.5) is 0 Å². The van der Waals surface area contributed by atoms with Crippen LogP contribution in [0.25, 0.3) is 0 Å². The van der Waals surface area contributed by atoms with Gasteiger partial charge in [-0.05, 0) is 0 Å². The molecule has 0 saturated heterocycles. The summed E-state index contributed by atoms with van der Waals surface area (Å²) in [5.41, 5.74) is 5.42. The fourth-order valence-corrected chi connectivity index (χ4v) is 0.953. The van der Waals surface area contributed by atoms with Crippen LogP contribution >= 0.6 is 0 Å². The summed E-state index contributed by atoms with van der Waals surface area (Å²) in [7, 11) is 0. The first-order valence-corrected chi connectivity index (χ1v) is 2.85. The predicted octanol–water partition coefficient (Wildman–Crippen LogP) is 2.48. The molecule has 0 amide bonds. The molecule has 54 valence electrons. The van der Waals surface area contributed by atoms with Gasteiger partial charge in [0.15, 0.2) is 0 Å². The van der Waals surface area contributed by atoms with Crippen molar-refractivity contribution in [2.75, 3.05) is 0 Å². The van der Waals surface area contributed by atoms with E-state index in [-0.39, 0.29) is 16.5 Å². The van der Waals surface area contributed by atoms with Crippen molar-refractivity contribution in [2.45, 2.75) is 20.8 Å². The third-order valence-corrected chi connectivity index (χ3v) is 2.03. The monoisotopic (exact) mass is 165 g/mol. The Hall–Kier alpha value is -0.156. The average molecular weight is 166 g/mol. The molecule has 0 aromatic carbocycles. The predicted molar refractivity (Wildman–Crippen MR) is 36.4 cm³/mol. The normalized spacial score (nSPS) is 17.2. The van der Waals surface area contributed by atoms with Gasteiger partial charge >= 0.3 is 0 Å². The van der Waals surface area contributed by atoms with E-state index in [2.05, 4.69) is 27.7 Å². The van der Waals surface area contributed by atoms with Gasteiger partial charge in [0.2, 0.25) is 0 Å². The molecule has 1 heteroatoms. The van der Waals surface area contributed by atoms with Crippen LogP contribution in [0, 0.1) is 6.92 Å². The molecule has 0 bridgehead atoms. The second kappa shape index (κ2) is 2.62. The minimum absolute atomic E-state index is 0. The molecule has 0 saturated carbocycles. The molecule has 0 heterocycles. The molecule has 0 aliphatic heterocycles. The van der Waals surface area contributed by atoms with Gasteiger partial charge in [0.05, 0.1) is 0 Å². The summed E-state index contributed by atoms with van der Waals surface area (Å²) in [6.07, 6.45) is 0. The van der Waals surface area contributed by atoms with Gasteiger partial charge in [-0.25, -0.2) is 0 Å². The molecular weight excluding hydrogens is 155 g/mol. The summed E-state index contributed by atoms with van der Waals surface area (Å²) in [5, 5.41) is 0. The Morgan fingerprint density at radius 3 is 1.44 bits per heavy atom. The van der Waals surface area contributed by atoms with Crippen molar-refractivity contribution in [1.29, 1.82) is 0 Å². The summed E-state index contributed by atoms with van der Waals surface area (Å²) >= 11 is 0. The van der Waals surface area contributed by atoms with Crippen LogP contribution in [-0.4, -0.2) is 0 Å². The minimum atomic E-state index is 0. The van der Waals surface area contributed by atoms with Gasteiger partial charge in [0.25, 0.3) is 0 Å². The zero-order chi connectivity index (χ0) is 6.31. The second-order valence-corrected chi connectivity index (χ2v) is 2.35. The van der Waals surface area contributed by atoms with Crippen molar-refractivity contribution in [3.8, 4) is 0 Å². The Bertz CT molecular complexity index is 132.